The van der Waals surface area contributed by atoms with Crippen LogP contribution in [-0.4, -0.2) is 44.6 Å². The van der Waals surface area contributed by atoms with Crippen LogP contribution in [0.3, 0.4) is 0 Å². The molecule has 2 N–H and O–H groups in total. The van der Waals surface area contributed by atoms with Crippen molar-refractivity contribution in [1.29, 1.82) is 0 Å². The topological polar surface area (TPSA) is 120 Å². The van der Waals surface area contributed by atoms with E-state index in [-0.39, 0.29) is 29.8 Å². The smallest absolute Gasteiger partial charge is 0.407 e. The summed E-state index contributed by atoms with van der Waals surface area (Å²) in [5, 5.41) is 16.2. The van der Waals surface area contributed by atoms with Gasteiger partial charge in [0.05, 0.1) is 17.7 Å². The SMILES string of the molecule is CC(C)(C)OC(=O)N[C@H](CO)Cc1nc(-c2ccc(Oc3ncc(Cl)cc3F)cc2)no1. The molecule has 0 fully saturated rings. The number of carbonyl (C=O) groups excluding carboxylic acids is 1. The molecule has 1 aromatic carbocycles. The van der Waals surface area contributed by atoms with Crippen molar-refractivity contribution in [2.24, 2.45) is 0 Å². The minimum Gasteiger partial charge on any atom is -0.444 e. The van der Waals surface area contributed by atoms with Gasteiger partial charge < -0.3 is 24.4 Å². The highest BCUT2D eigenvalue weighted by Gasteiger charge is 2.21. The Balaban J connectivity index is 1.62. The number of benzene rings is 1. The van der Waals surface area contributed by atoms with E-state index < -0.39 is 23.6 Å². The van der Waals surface area contributed by atoms with Gasteiger partial charge in [0, 0.05) is 18.2 Å². The molecule has 1 atom stereocenters. The number of rotatable bonds is 7. The van der Waals surface area contributed by atoms with E-state index in [0.29, 0.717) is 17.1 Å². The maximum atomic E-state index is 13.8. The number of alkyl carbamates (subject to hydrolysis) is 1. The van der Waals surface area contributed by atoms with Crippen LogP contribution < -0.4 is 10.1 Å². The van der Waals surface area contributed by atoms with Crippen molar-refractivity contribution in [3.63, 3.8) is 0 Å². The Bertz CT molecular complexity index is 1070. The highest BCUT2D eigenvalue weighted by molar-refractivity contribution is 6.30. The van der Waals surface area contributed by atoms with E-state index in [1.54, 1.807) is 45.0 Å². The average Bonchev–Trinajstić information content (AvgIpc) is 3.17. The number of halogens is 2. The monoisotopic (exact) mass is 464 g/mol. The van der Waals surface area contributed by atoms with E-state index >= 15 is 0 Å². The molecule has 9 nitrogen and oxygen atoms in total. The number of nitrogens with one attached hydrogen (secondary N) is 1. The molecule has 3 rings (SSSR count). The molecule has 0 aliphatic heterocycles. The molecular weight excluding hydrogens is 443 g/mol. The van der Waals surface area contributed by atoms with Gasteiger partial charge in [0.25, 0.3) is 5.88 Å². The van der Waals surface area contributed by atoms with Crippen molar-refractivity contribution < 1.29 is 28.3 Å². The quantitative estimate of drug-likeness (QED) is 0.535. The second-order valence-electron chi connectivity index (χ2n) is 7.81. The number of amides is 1. The molecule has 11 heteroatoms. The zero-order valence-electron chi connectivity index (χ0n) is 17.6. The largest absolute Gasteiger partial charge is 0.444 e. The van der Waals surface area contributed by atoms with Crippen LogP contribution in [-0.2, 0) is 11.2 Å². The van der Waals surface area contributed by atoms with Crippen molar-refractivity contribution in [2.45, 2.75) is 38.8 Å². The number of aromatic nitrogens is 3. The molecule has 170 valence electrons. The molecule has 0 bridgehead atoms. The fraction of sp³-hybridized carbons (Fsp3) is 0.333. The second kappa shape index (κ2) is 9.92. The molecule has 32 heavy (non-hydrogen) atoms. The summed E-state index contributed by atoms with van der Waals surface area (Å²) >= 11 is 5.68. The first-order chi connectivity index (χ1) is 15.1. The summed E-state index contributed by atoms with van der Waals surface area (Å²) in [5.41, 5.74) is -0.0370. The molecule has 0 spiro atoms. The zero-order valence-corrected chi connectivity index (χ0v) is 18.4. The second-order valence-corrected chi connectivity index (χ2v) is 8.24. The van der Waals surface area contributed by atoms with E-state index in [1.807, 2.05) is 0 Å². The Morgan fingerprint density at radius 1 is 1.31 bits per heavy atom. The van der Waals surface area contributed by atoms with Crippen LogP contribution in [0.5, 0.6) is 11.6 Å². The molecule has 1 amide bonds. The van der Waals surface area contributed by atoms with Gasteiger partial charge >= 0.3 is 6.09 Å². The molecule has 0 saturated carbocycles. The maximum Gasteiger partial charge on any atom is 0.407 e. The van der Waals surface area contributed by atoms with Crippen molar-refractivity contribution in [3.8, 4) is 23.0 Å². The predicted octanol–water partition coefficient (Wildman–Crippen LogP) is 4.14. The summed E-state index contributed by atoms with van der Waals surface area (Å²) in [6, 6.07) is 6.98. The standard InChI is InChI=1S/C21H22ClFN4O5/c1-21(2,3)31-20(29)25-14(11-28)9-17-26-18(27-32-17)12-4-6-15(7-5-12)30-19-16(23)8-13(22)10-24-19/h4-8,10,14,28H,9,11H2,1-3H3,(H,25,29)/t14-/m0/s1. The summed E-state index contributed by atoms with van der Waals surface area (Å²) in [6.45, 7) is 4.88. The minimum absolute atomic E-state index is 0.117. The van der Waals surface area contributed by atoms with Crippen molar-refractivity contribution >= 4 is 17.7 Å². The van der Waals surface area contributed by atoms with Gasteiger partial charge in [-0.25, -0.2) is 14.2 Å². The van der Waals surface area contributed by atoms with Gasteiger partial charge in [-0.2, -0.15) is 4.98 Å². The third-order valence-corrected chi connectivity index (χ3v) is 4.14. The number of aliphatic hydroxyl groups excluding tert-OH is 1. The molecule has 2 heterocycles. The van der Waals surface area contributed by atoms with Crippen LogP contribution in [0.1, 0.15) is 26.7 Å². The number of ether oxygens (including phenoxy) is 2. The summed E-state index contributed by atoms with van der Waals surface area (Å²) < 4.78 is 29.6. The first-order valence-corrected chi connectivity index (χ1v) is 10.0. The van der Waals surface area contributed by atoms with E-state index in [4.69, 9.17) is 25.6 Å². The minimum atomic E-state index is -0.678. The van der Waals surface area contributed by atoms with Crippen molar-refractivity contribution in [2.75, 3.05) is 6.61 Å². The molecule has 2 aromatic heterocycles. The Morgan fingerprint density at radius 3 is 2.66 bits per heavy atom. The van der Waals surface area contributed by atoms with Gasteiger partial charge in [0.1, 0.15) is 11.4 Å². The Morgan fingerprint density at radius 2 is 2.03 bits per heavy atom. The molecule has 3 aromatic rings. The number of hydrogen-bond acceptors (Lipinski definition) is 8. The molecule has 0 saturated heterocycles. The van der Waals surface area contributed by atoms with Crippen LogP contribution in [0.25, 0.3) is 11.4 Å². The molecule has 0 aliphatic rings. The average molecular weight is 465 g/mol. The van der Waals surface area contributed by atoms with Gasteiger partial charge in [-0.3, -0.25) is 0 Å². The van der Waals surface area contributed by atoms with Crippen LogP contribution in [0.15, 0.2) is 41.1 Å². The van der Waals surface area contributed by atoms with Gasteiger partial charge in [-0.05, 0) is 51.1 Å². The summed E-state index contributed by atoms with van der Waals surface area (Å²) in [6.07, 6.45) is 0.747. The third-order valence-electron chi connectivity index (χ3n) is 3.93. The number of nitrogens with zero attached hydrogens (tertiary/aromatic N) is 3. The molecule has 0 aliphatic carbocycles. The fourth-order valence-electron chi connectivity index (χ4n) is 2.56. The van der Waals surface area contributed by atoms with Crippen LogP contribution in [0, 0.1) is 5.82 Å². The molecule has 0 radical (unpaired) electrons. The zero-order chi connectivity index (χ0) is 23.3. The first-order valence-electron chi connectivity index (χ1n) is 9.65. The lowest BCUT2D eigenvalue weighted by Crippen LogP contribution is -2.42. The molecular formula is C21H22ClFN4O5. The van der Waals surface area contributed by atoms with Gasteiger partial charge in [0.2, 0.25) is 11.7 Å². The highest BCUT2D eigenvalue weighted by atomic mass is 35.5. The number of aliphatic hydroxyl groups is 1. The van der Waals surface area contributed by atoms with Crippen LogP contribution in [0.4, 0.5) is 9.18 Å². The van der Waals surface area contributed by atoms with Crippen molar-refractivity contribution in [1.82, 2.24) is 20.4 Å². The predicted molar refractivity (Wildman–Crippen MR) is 113 cm³/mol. The van der Waals surface area contributed by atoms with E-state index in [1.165, 1.54) is 6.20 Å². The summed E-state index contributed by atoms with van der Waals surface area (Å²) in [5.74, 6) is 0.00613. The Kier molecular flexibility index (Phi) is 7.26. The lowest BCUT2D eigenvalue weighted by Gasteiger charge is -2.22. The summed E-state index contributed by atoms with van der Waals surface area (Å²) in [4.78, 5) is 20.0. The van der Waals surface area contributed by atoms with E-state index in [9.17, 15) is 14.3 Å². The molecule has 0 unspecified atom stereocenters. The highest BCUT2D eigenvalue weighted by Crippen LogP contribution is 2.26. The van der Waals surface area contributed by atoms with Gasteiger partial charge in [0.15, 0.2) is 5.82 Å². The van der Waals surface area contributed by atoms with Gasteiger partial charge in [-0.15, -0.1) is 0 Å². The van der Waals surface area contributed by atoms with Crippen molar-refractivity contribution in [3.05, 3.63) is 53.3 Å². The Hall–Kier alpha value is -3.24. The fourth-order valence-corrected chi connectivity index (χ4v) is 2.71. The number of carbonyl (C=O) groups is 1. The normalized spacial score (nSPS) is 12.3. The number of hydrogen-bond donors (Lipinski definition) is 2. The third kappa shape index (κ3) is 6.63. The Labute approximate surface area is 188 Å². The lowest BCUT2D eigenvalue weighted by atomic mass is 10.2. The summed E-state index contributed by atoms with van der Waals surface area (Å²) in [7, 11) is 0. The van der Waals surface area contributed by atoms with Crippen LogP contribution in [0.2, 0.25) is 5.02 Å². The maximum absolute atomic E-state index is 13.8. The lowest BCUT2D eigenvalue weighted by molar-refractivity contribution is 0.0480. The number of pyridine rings is 1. The van der Waals surface area contributed by atoms with E-state index in [0.717, 1.165) is 6.07 Å². The van der Waals surface area contributed by atoms with Gasteiger partial charge in [-0.1, -0.05) is 16.8 Å². The van der Waals surface area contributed by atoms with Crippen LogP contribution >= 0.6 is 11.6 Å². The van der Waals surface area contributed by atoms with E-state index in [2.05, 4.69) is 20.4 Å². The first kappa shape index (κ1) is 23.4.